The highest BCUT2D eigenvalue weighted by Crippen LogP contribution is 2.30. The van der Waals surface area contributed by atoms with Gasteiger partial charge in [0.15, 0.2) is 5.78 Å². The Morgan fingerprint density at radius 1 is 1.10 bits per heavy atom. The van der Waals surface area contributed by atoms with Crippen LogP contribution in [-0.2, 0) is 6.54 Å². The van der Waals surface area contributed by atoms with Gasteiger partial charge in [-0.15, -0.1) is 0 Å². The molecule has 0 aliphatic rings. The van der Waals surface area contributed by atoms with Gasteiger partial charge in [0.25, 0.3) is 0 Å². The number of aromatic amines is 1. The second-order valence-corrected chi connectivity index (χ2v) is 8.45. The first-order chi connectivity index (χ1) is 14.7. The molecule has 150 valence electrons. The predicted octanol–water partition coefficient (Wildman–Crippen LogP) is 5.01. The molecule has 0 aliphatic carbocycles. The van der Waals surface area contributed by atoms with E-state index in [4.69, 9.17) is 12.2 Å². The molecule has 0 bridgehead atoms. The maximum Gasteiger partial charge on any atom is 0.165 e. The number of pyridine rings is 2. The number of fused-ring (bicyclic) bond motifs is 1. The molecule has 0 unspecified atom stereocenters. The van der Waals surface area contributed by atoms with Gasteiger partial charge in [-0.25, -0.2) is 4.98 Å². The number of benzene rings is 1. The van der Waals surface area contributed by atoms with Crippen LogP contribution in [0.3, 0.4) is 0 Å². The molecule has 0 radical (unpaired) electrons. The molecule has 4 aromatic rings. The molecule has 0 fully saturated rings. The van der Waals surface area contributed by atoms with Crippen molar-refractivity contribution in [2.45, 2.75) is 13.0 Å². The standard InChI is InChI=1S/C23H20N4OS2/c28-20(9-12-30-23(29)27-14-16-5-4-10-24-13-16)19-15-26-22-21(19)18(8-11-25-22)17-6-2-1-3-7-17/h1-8,10-11,13,15H,9,12,14H2,(H,25,26)(H,27,29). The number of hydrogen-bond acceptors (Lipinski definition) is 5. The summed E-state index contributed by atoms with van der Waals surface area (Å²) in [4.78, 5) is 24.5. The second kappa shape index (κ2) is 9.65. The zero-order valence-electron chi connectivity index (χ0n) is 16.2. The minimum absolute atomic E-state index is 0.0778. The summed E-state index contributed by atoms with van der Waals surface area (Å²) in [6, 6.07) is 15.9. The van der Waals surface area contributed by atoms with Crippen LogP contribution in [0, 0.1) is 0 Å². The number of nitrogens with zero attached hydrogens (tertiary/aromatic N) is 2. The van der Waals surface area contributed by atoms with Gasteiger partial charge in [-0.1, -0.05) is 60.4 Å². The zero-order valence-corrected chi connectivity index (χ0v) is 17.8. The maximum absolute atomic E-state index is 12.9. The lowest BCUT2D eigenvalue weighted by molar-refractivity contribution is 0.0991. The van der Waals surface area contributed by atoms with E-state index in [2.05, 4.69) is 20.3 Å². The minimum atomic E-state index is 0.0778. The van der Waals surface area contributed by atoms with E-state index in [1.165, 1.54) is 11.8 Å². The number of carbonyl (C=O) groups is 1. The fraction of sp³-hybridized carbons (Fsp3) is 0.130. The van der Waals surface area contributed by atoms with Crippen LogP contribution in [0.5, 0.6) is 0 Å². The van der Waals surface area contributed by atoms with Crippen molar-refractivity contribution < 1.29 is 4.79 Å². The Labute approximate surface area is 184 Å². The van der Waals surface area contributed by atoms with Crippen molar-refractivity contribution in [2.24, 2.45) is 0 Å². The lowest BCUT2D eigenvalue weighted by atomic mass is 9.99. The molecule has 5 nitrogen and oxygen atoms in total. The van der Waals surface area contributed by atoms with Crippen LogP contribution < -0.4 is 5.32 Å². The number of ketones is 1. The summed E-state index contributed by atoms with van der Waals surface area (Å²) in [6.07, 6.45) is 7.47. The third-order valence-electron chi connectivity index (χ3n) is 4.68. The number of thioether (sulfide) groups is 1. The van der Waals surface area contributed by atoms with Crippen molar-refractivity contribution in [2.75, 3.05) is 5.75 Å². The van der Waals surface area contributed by atoms with Gasteiger partial charge in [0.2, 0.25) is 0 Å². The van der Waals surface area contributed by atoms with Gasteiger partial charge in [-0.2, -0.15) is 0 Å². The third kappa shape index (κ3) is 4.75. The van der Waals surface area contributed by atoms with E-state index >= 15 is 0 Å². The Bertz CT molecular complexity index is 1160. The number of carbonyl (C=O) groups excluding carboxylic acids is 1. The number of hydrogen-bond donors (Lipinski definition) is 2. The van der Waals surface area contributed by atoms with Crippen LogP contribution in [0.4, 0.5) is 0 Å². The van der Waals surface area contributed by atoms with Crippen molar-refractivity contribution in [3.8, 4) is 11.1 Å². The van der Waals surface area contributed by atoms with Crippen molar-refractivity contribution >= 4 is 45.1 Å². The van der Waals surface area contributed by atoms with Gasteiger partial charge in [0.1, 0.15) is 9.97 Å². The fourth-order valence-corrected chi connectivity index (χ4v) is 4.20. The number of nitrogens with one attached hydrogen (secondary N) is 2. The summed E-state index contributed by atoms with van der Waals surface area (Å²) in [5.41, 5.74) is 4.53. The molecular weight excluding hydrogens is 412 g/mol. The largest absolute Gasteiger partial charge is 0.367 e. The summed E-state index contributed by atoms with van der Waals surface area (Å²) in [5, 5.41) is 4.07. The van der Waals surface area contributed by atoms with Gasteiger partial charge in [0, 0.05) is 54.5 Å². The summed E-state index contributed by atoms with van der Waals surface area (Å²) in [6.45, 7) is 0.627. The lowest BCUT2D eigenvalue weighted by Crippen LogP contribution is -2.18. The van der Waals surface area contributed by atoms with E-state index in [1.807, 2.05) is 48.5 Å². The van der Waals surface area contributed by atoms with E-state index in [0.717, 1.165) is 27.7 Å². The summed E-state index contributed by atoms with van der Waals surface area (Å²) in [7, 11) is 0. The molecule has 0 aliphatic heterocycles. The quantitative estimate of drug-likeness (QED) is 0.316. The average Bonchev–Trinajstić information content (AvgIpc) is 3.23. The molecule has 30 heavy (non-hydrogen) atoms. The van der Waals surface area contributed by atoms with E-state index in [-0.39, 0.29) is 5.78 Å². The van der Waals surface area contributed by atoms with Gasteiger partial charge in [-0.05, 0) is 28.8 Å². The molecule has 0 saturated heterocycles. The Morgan fingerprint density at radius 2 is 1.97 bits per heavy atom. The van der Waals surface area contributed by atoms with Gasteiger partial charge < -0.3 is 10.3 Å². The van der Waals surface area contributed by atoms with Crippen molar-refractivity contribution in [3.63, 3.8) is 0 Å². The molecule has 7 heteroatoms. The van der Waals surface area contributed by atoms with Crippen LogP contribution in [-0.4, -0.2) is 30.8 Å². The highest BCUT2D eigenvalue weighted by molar-refractivity contribution is 8.22. The zero-order chi connectivity index (χ0) is 20.8. The smallest absolute Gasteiger partial charge is 0.165 e. The average molecular weight is 433 g/mol. The Morgan fingerprint density at radius 3 is 2.77 bits per heavy atom. The van der Waals surface area contributed by atoms with E-state index in [9.17, 15) is 4.79 Å². The number of rotatable bonds is 7. The third-order valence-corrected chi connectivity index (χ3v) is 5.99. The van der Waals surface area contributed by atoms with Crippen LogP contribution in [0.1, 0.15) is 22.3 Å². The SMILES string of the molecule is O=C(CCSC(=S)NCc1cccnc1)c1c[nH]c2nccc(-c3ccccc3)c12. The predicted molar refractivity (Wildman–Crippen MR) is 127 cm³/mol. The van der Waals surface area contributed by atoms with E-state index in [0.29, 0.717) is 28.6 Å². The molecule has 0 saturated carbocycles. The first-order valence-corrected chi connectivity index (χ1v) is 11.0. The maximum atomic E-state index is 12.9. The van der Waals surface area contributed by atoms with Gasteiger partial charge in [-0.3, -0.25) is 9.78 Å². The van der Waals surface area contributed by atoms with Gasteiger partial charge in [0.05, 0.1) is 0 Å². The molecule has 0 atom stereocenters. The Balaban J connectivity index is 1.40. The highest BCUT2D eigenvalue weighted by Gasteiger charge is 2.16. The van der Waals surface area contributed by atoms with Crippen molar-refractivity contribution in [1.82, 2.24) is 20.3 Å². The highest BCUT2D eigenvalue weighted by atomic mass is 32.2. The van der Waals surface area contributed by atoms with E-state index < -0.39 is 0 Å². The van der Waals surface area contributed by atoms with E-state index in [1.54, 1.807) is 24.8 Å². The number of H-pyrrole nitrogens is 1. The van der Waals surface area contributed by atoms with Crippen molar-refractivity contribution in [3.05, 3.63) is 84.4 Å². The lowest BCUT2D eigenvalue weighted by Gasteiger charge is -2.08. The first-order valence-electron chi connectivity index (χ1n) is 9.56. The molecule has 3 aromatic heterocycles. The molecular formula is C23H20N4OS2. The van der Waals surface area contributed by atoms with Crippen molar-refractivity contribution in [1.29, 1.82) is 0 Å². The minimum Gasteiger partial charge on any atom is -0.367 e. The molecule has 4 rings (SSSR count). The molecule has 2 N–H and O–H groups in total. The fourth-order valence-electron chi connectivity index (χ4n) is 3.23. The second-order valence-electron chi connectivity index (χ2n) is 6.67. The number of thiocarbonyl (C=S) groups is 1. The van der Waals surface area contributed by atoms with Crippen LogP contribution in [0.2, 0.25) is 0 Å². The van der Waals surface area contributed by atoms with Gasteiger partial charge >= 0.3 is 0 Å². The number of aromatic nitrogens is 3. The summed E-state index contributed by atoms with van der Waals surface area (Å²) < 4.78 is 0.678. The Kier molecular flexibility index (Phi) is 6.51. The normalized spacial score (nSPS) is 10.8. The summed E-state index contributed by atoms with van der Waals surface area (Å²) >= 11 is 6.85. The molecule has 1 aromatic carbocycles. The van der Waals surface area contributed by atoms with Crippen LogP contribution >= 0.6 is 24.0 Å². The monoisotopic (exact) mass is 432 g/mol. The molecule has 0 spiro atoms. The van der Waals surface area contributed by atoms with Crippen LogP contribution in [0.25, 0.3) is 22.2 Å². The molecule has 3 heterocycles. The van der Waals surface area contributed by atoms with Crippen LogP contribution in [0.15, 0.2) is 73.3 Å². The molecule has 0 amide bonds. The Hall–Kier alpha value is -3.03. The summed E-state index contributed by atoms with van der Waals surface area (Å²) in [5.74, 6) is 0.694. The first kappa shape index (κ1) is 20.3. The topological polar surface area (TPSA) is 70.7 Å². The number of Topliss-reactive ketones (excluding diaryl/α,β-unsaturated/α-hetero) is 1.